The molecule has 0 aliphatic rings. The van der Waals surface area contributed by atoms with Crippen molar-refractivity contribution in [1.82, 2.24) is 0 Å². The van der Waals surface area contributed by atoms with E-state index in [-0.39, 0.29) is 16.9 Å². The van der Waals surface area contributed by atoms with Crippen molar-refractivity contribution in [2.75, 3.05) is 7.11 Å². The van der Waals surface area contributed by atoms with Crippen LogP contribution < -0.4 is 4.74 Å². The van der Waals surface area contributed by atoms with Gasteiger partial charge < -0.3 is 9.84 Å². The lowest BCUT2D eigenvalue weighted by Gasteiger charge is -2.06. The summed E-state index contributed by atoms with van der Waals surface area (Å²) >= 11 is 0. The van der Waals surface area contributed by atoms with E-state index >= 15 is 0 Å². The van der Waals surface area contributed by atoms with Gasteiger partial charge in [0.05, 0.1) is 17.6 Å². The number of aromatic carboxylic acids is 1. The smallest absolute Gasteiger partial charge is 0.338 e. The van der Waals surface area contributed by atoms with Crippen molar-refractivity contribution < 1.29 is 19.6 Å². The van der Waals surface area contributed by atoms with E-state index < -0.39 is 10.9 Å². The fraction of sp³-hybridized carbons (Fsp3) is 0.0667. The molecule has 22 heavy (non-hydrogen) atoms. The zero-order valence-corrected chi connectivity index (χ0v) is 11.6. The number of aliphatic imine (C=N–C) groups is 1. The van der Waals surface area contributed by atoms with Crippen LogP contribution in [-0.2, 0) is 0 Å². The molecule has 0 aliphatic carbocycles. The standard InChI is InChI=1S/C15H12N2O5/c1-22-13-7-3-6-12(15(18)19)14(13)16-9-10-4-2-5-11(8-10)17(20)21/h2-9H,1H3,(H,18,19). The summed E-state index contributed by atoms with van der Waals surface area (Å²) in [5.41, 5.74) is 0.559. The van der Waals surface area contributed by atoms with Crippen LogP contribution in [0.25, 0.3) is 0 Å². The van der Waals surface area contributed by atoms with Crippen molar-refractivity contribution in [2.45, 2.75) is 0 Å². The average molecular weight is 300 g/mol. The van der Waals surface area contributed by atoms with E-state index in [9.17, 15) is 20.0 Å². The maximum Gasteiger partial charge on any atom is 0.338 e. The van der Waals surface area contributed by atoms with E-state index in [0.29, 0.717) is 11.3 Å². The summed E-state index contributed by atoms with van der Waals surface area (Å²) in [6.07, 6.45) is 1.36. The van der Waals surface area contributed by atoms with Gasteiger partial charge in [-0.2, -0.15) is 0 Å². The second-order valence-corrected chi connectivity index (χ2v) is 4.27. The van der Waals surface area contributed by atoms with Crippen LogP contribution in [-0.4, -0.2) is 29.3 Å². The highest BCUT2D eigenvalue weighted by atomic mass is 16.6. The van der Waals surface area contributed by atoms with Gasteiger partial charge in [0.2, 0.25) is 0 Å². The Morgan fingerprint density at radius 2 is 2.05 bits per heavy atom. The zero-order chi connectivity index (χ0) is 16.1. The van der Waals surface area contributed by atoms with E-state index in [1.165, 1.54) is 37.6 Å². The van der Waals surface area contributed by atoms with E-state index in [0.717, 1.165) is 0 Å². The summed E-state index contributed by atoms with van der Waals surface area (Å²) in [6.45, 7) is 0. The molecule has 0 radical (unpaired) electrons. The van der Waals surface area contributed by atoms with Crippen LogP contribution in [0.1, 0.15) is 15.9 Å². The Morgan fingerprint density at radius 1 is 1.32 bits per heavy atom. The van der Waals surface area contributed by atoms with E-state index in [1.807, 2.05) is 0 Å². The van der Waals surface area contributed by atoms with Crippen molar-refractivity contribution in [3.8, 4) is 5.75 Å². The largest absolute Gasteiger partial charge is 0.494 e. The molecule has 0 saturated heterocycles. The number of carboxylic acid groups (broad SMARTS) is 1. The van der Waals surface area contributed by atoms with Crippen LogP contribution >= 0.6 is 0 Å². The van der Waals surface area contributed by atoms with Gasteiger partial charge in [0.15, 0.2) is 0 Å². The van der Waals surface area contributed by atoms with Crippen LogP contribution in [0.15, 0.2) is 47.5 Å². The normalized spacial score (nSPS) is 10.6. The van der Waals surface area contributed by atoms with Crippen LogP contribution in [0, 0.1) is 10.1 Å². The third-order valence-corrected chi connectivity index (χ3v) is 2.87. The molecule has 0 spiro atoms. The van der Waals surface area contributed by atoms with Crippen molar-refractivity contribution in [3.05, 3.63) is 63.7 Å². The molecule has 0 aromatic heterocycles. The van der Waals surface area contributed by atoms with Gasteiger partial charge >= 0.3 is 5.97 Å². The number of methoxy groups -OCH3 is 1. The maximum absolute atomic E-state index is 11.2. The highest BCUT2D eigenvalue weighted by Crippen LogP contribution is 2.31. The molecule has 112 valence electrons. The summed E-state index contributed by atoms with van der Waals surface area (Å²) in [6, 6.07) is 10.4. The predicted octanol–water partition coefficient (Wildman–Crippen LogP) is 3.05. The topological polar surface area (TPSA) is 102 Å². The number of carboxylic acids is 1. The first-order valence-corrected chi connectivity index (χ1v) is 6.21. The Hall–Kier alpha value is -3.22. The molecule has 0 bridgehead atoms. The summed E-state index contributed by atoms with van der Waals surface area (Å²) < 4.78 is 5.10. The molecular formula is C15H12N2O5. The molecule has 0 saturated carbocycles. The number of nitro benzene ring substituents is 1. The number of hydrogen-bond donors (Lipinski definition) is 1. The van der Waals surface area contributed by atoms with Crippen molar-refractivity contribution in [1.29, 1.82) is 0 Å². The van der Waals surface area contributed by atoms with E-state index in [4.69, 9.17) is 4.74 Å². The molecule has 2 aromatic rings. The van der Waals surface area contributed by atoms with Crippen molar-refractivity contribution in [2.24, 2.45) is 4.99 Å². The second-order valence-electron chi connectivity index (χ2n) is 4.27. The lowest BCUT2D eigenvalue weighted by Crippen LogP contribution is -1.98. The molecule has 0 atom stereocenters. The minimum absolute atomic E-state index is 0.0129. The first kappa shape index (κ1) is 15.2. The number of carbonyl (C=O) groups is 1. The van der Waals surface area contributed by atoms with Crippen LogP contribution in [0.5, 0.6) is 5.75 Å². The minimum Gasteiger partial charge on any atom is -0.494 e. The Morgan fingerprint density at radius 3 is 2.68 bits per heavy atom. The molecule has 0 heterocycles. The Labute approximate surface area is 125 Å². The highest BCUT2D eigenvalue weighted by Gasteiger charge is 2.13. The third kappa shape index (κ3) is 3.26. The van der Waals surface area contributed by atoms with Crippen LogP contribution in [0.3, 0.4) is 0 Å². The molecular weight excluding hydrogens is 288 g/mol. The lowest BCUT2D eigenvalue weighted by atomic mass is 10.1. The van der Waals surface area contributed by atoms with Gasteiger partial charge in [0.25, 0.3) is 5.69 Å². The predicted molar refractivity (Wildman–Crippen MR) is 80.3 cm³/mol. The number of ether oxygens (including phenoxy) is 1. The molecule has 2 rings (SSSR count). The summed E-state index contributed by atoms with van der Waals surface area (Å²) in [7, 11) is 1.41. The number of benzene rings is 2. The number of hydrogen-bond acceptors (Lipinski definition) is 5. The number of nitrogens with zero attached hydrogens (tertiary/aromatic N) is 2. The third-order valence-electron chi connectivity index (χ3n) is 2.87. The molecule has 0 amide bonds. The van der Waals surface area contributed by atoms with Crippen LogP contribution in [0.4, 0.5) is 11.4 Å². The van der Waals surface area contributed by atoms with Crippen molar-refractivity contribution >= 4 is 23.6 Å². The van der Waals surface area contributed by atoms with Gasteiger partial charge in [-0.1, -0.05) is 18.2 Å². The number of nitro groups is 1. The van der Waals surface area contributed by atoms with E-state index in [2.05, 4.69) is 4.99 Å². The van der Waals surface area contributed by atoms with Crippen LogP contribution in [0.2, 0.25) is 0 Å². The van der Waals surface area contributed by atoms with Gasteiger partial charge in [-0.05, 0) is 17.7 Å². The Bertz CT molecular complexity index is 755. The zero-order valence-electron chi connectivity index (χ0n) is 11.6. The first-order valence-electron chi connectivity index (χ1n) is 6.21. The first-order chi connectivity index (χ1) is 10.5. The molecule has 7 nitrogen and oxygen atoms in total. The summed E-state index contributed by atoms with van der Waals surface area (Å²) in [5, 5.41) is 19.9. The van der Waals surface area contributed by atoms with Gasteiger partial charge in [0.1, 0.15) is 11.4 Å². The monoisotopic (exact) mass is 300 g/mol. The number of non-ortho nitro benzene ring substituents is 1. The highest BCUT2D eigenvalue weighted by molar-refractivity contribution is 5.96. The van der Waals surface area contributed by atoms with E-state index in [1.54, 1.807) is 18.2 Å². The van der Waals surface area contributed by atoms with Gasteiger partial charge in [0, 0.05) is 18.3 Å². The molecule has 0 fully saturated rings. The Balaban J connectivity index is 2.43. The van der Waals surface area contributed by atoms with Crippen molar-refractivity contribution in [3.63, 3.8) is 0 Å². The fourth-order valence-electron chi connectivity index (χ4n) is 1.85. The molecule has 0 unspecified atom stereocenters. The molecule has 2 aromatic carbocycles. The minimum atomic E-state index is -1.13. The Kier molecular flexibility index (Phi) is 4.47. The SMILES string of the molecule is COc1cccc(C(=O)O)c1N=Cc1cccc([N+](=O)[O-])c1. The second kappa shape index (κ2) is 6.49. The average Bonchev–Trinajstić information content (AvgIpc) is 2.52. The summed E-state index contributed by atoms with van der Waals surface area (Å²) in [5.74, 6) is -0.827. The number of para-hydroxylation sites is 1. The van der Waals surface area contributed by atoms with Gasteiger partial charge in [-0.3, -0.25) is 15.1 Å². The quantitative estimate of drug-likeness (QED) is 0.519. The molecule has 0 aliphatic heterocycles. The lowest BCUT2D eigenvalue weighted by molar-refractivity contribution is -0.384. The fourth-order valence-corrected chi connectivity index (χ4v) is 1.85. The maximum atomic E-state index is 11.2. The van der Waals surface area contributed by atoms with Gasteiger partial charge in [-0.25, -0.2) is 4.79 Å². The summed E-state index contributed by atoms with van der Waals surface area (Å²) in [4.78, 5) is 25.6. The number of rotatable bonds is 5. The van der Waals surface area contributed by atoms with Gasteiger partial charge in [-0.15, -0.1) is 0 Å². The molecule has 7 heteroatoms. The molecule has 1 N–H and O–H groups in total.